The molecule has 2 aliphatic rings. The first-order valence-corrected chi connectivity index (χ1v) is 14.1. The smallest absolute Gasteiger partial charge is 0.229 e. The van der Waals surface area contributed by atoms with Crippen molar-refractivity contribution in [2.45, 2.75) is 46.1 Å². The predicted octanol–water partition coefficient (Wildman–Crippen LogP) is 5.77. The van der Waals surface area contributed by atoms with Gasteiger partial charge in [0.1, 0.15) is 18.2 Å². The highest BCUT2D eigenvalue weighted by Crippen LogP contribution is 2.26. The van der Waals surface area contributed by atoms with Crippen LogP contribution in [0.3, 0.4) is 0 Å². The molecule has 2 aromatic carbocycles. The van der Waals surface area contributed by atoms with E-state index in [-0.39, 0.29) is 0 Å². The molecule has 2 saturated heterocycles. The highest BCUT2D eigenvalue weighted by Gasteiger charge is 2.20. The average Bonchev–Trinajstić information content (AvgIpc) is 3.73. The van der Waals surface area contributed by atoms with Crippen LogP contribution in [0, 0.1) is 13.8 Å². The molecule has 4 aromatic rings. The van der Waals surface area contributed by atoms with Gasteiger partial charge in [-0.2, -0.15) is 15.1 Å². The van der Waals surface area contributed by atoms with Crippen LogP contribution in [-0.2, 0) is 6.54 Å². The number of nitrogens with one attached hydrogen (secondary N) is 1. The third kappa shape index (κ3) is 5.70. The second-order valence-corrected chi connectivity index (χ2v) is 10.6. The molecule has 2 aromatic heterocycles. The molecule has 202 valence electrons. The van der Waals surface area contributed by atoms with E-state index in [1.54, 1.807) is 0 Å². The second-order valence-electron chi connectivity index (χ2n) is 10.6. The lowest BCUT2D eigenvalue weighted by Crippen LogP contribution is -2.24. The minimum Gasteiger partial charge on any atom is -0.492 e. The normalized spacial score (nSPS) is 15.6. The minimum atomic E-state index is 0.593. The molecular formula is C31H37N7O. The third-order valence-electron chi connectivity index (χ3n) is 7.80. The van der Waals surface area contributed by atoms with Gasteiger partial charge in [0, 0.05) is 54.9 Å². The van der Waals surface area contributed by atoms with Crippen LogP contribution in [0.15, 0.2) is 59.8 Å². The van der Waals surface area contributed by atoms with Crippen molar-refractivity contribution in [3.05, 3.63) is 71.4 Å². The lowest BCUT2D eigenvalue weighted by molar-refractivity contribution is 0.300. The molecule has 0 aliphatic carbocycles. The Bertz CT molecular complexity index is 1430. The van der Waals surface area contributed by atoms with Gasteiger partial charge in [0.05, 0.1) is 12.8 Å². The topological polar surface area (TPSA) is 70.8 Å². The van der Waals surface area contributed by atoms with E-state index in [9.17, 15) is 0 Å². The molecule has 6 rings (SSSR count). The van der Waals surface area contributed by atoms with E-state index in [4.69, 9.17) is 14.7 Å². The van der Waals surface area contributed by atoms with Crippen molar-refractivity contribution in [1.82, 2.24) is 14.5 Å². The van der Waals surface area contributed by atoms with Crippen molar-refractivity contribution in [3.63, 3.8) is 0 Å². The second kappa shape index (κ2) is 11.4. The number of ether oxygens (including phenoxy) is 1. The number of rotatable bonds is 9. The van der Waals surface area contributed by atoms with Gasteiger partial charge in [-0.15, -0.1) is 0 Å². The summed E-state index contributed by atoms with van der Waals surface area (Å²) >= 11 is 0. The molecule has 0 unspecified atom stereocenters. The summed E-state index contributed by atoms with van der Waals surface area (Å²) in [6, 6.07) is 16.7. The van der Waals surface area contributed by atoms with Gasteiger partial charge >= 0.3 is 0 Å². The molecule has 4 heterocycles. The van der Waals surface area contributed by atoms with Gasteiger partial charge in [-0.3, -0.25) is 5.43 Å². The van der Waals surface area contributed by atoms with E-state index in [1.165, 1.54) is 36.8 Å². The van der Waals surface area contributed by atoms with Crippen molar-refractivity contribution in [2.24, 2.45) is 5.10 Å². The average molecular weight is 524 g/mol. The van der Waals surface area contributed by atoms with E-state index in [1.807, 2.05) is 18.3 Å². The summed E-state index contributed by atoms with van der Waals surface area (Å²) in [7, 11) is 0. The first kappa shape index (κ1) is 25.2. The molecule has 0 radical (unpaired) electrons. The van der Waals surface area contributed by atoms with Crippen LogP contribution in [0.1, 0.15) is 42.4 Å². The summed E-state index contributed by atoms with van der Waals surface area (Å²) in [5.41, 5.74) is 7.94. The van der Waals surface area contributed by atoms with Crippen LogP contribution in [0.4, 0.5) is 17.6 Å². The molecule has 0 atom stereocenters. The molecule has 2 aliphatic heterocycles. The summed E-state index contributed by atoms with van der Waals surface area (Å²) in [5.74, 6) is 3.43. The Balaban J connectivity index is 1.18. The Hall–Kier alpha value is -4.07. The van der Waals surface area contributed by atoms with Gasteiger partial charge in [-0.25, -0.2) is 0 Å². The Morgan fingerprint density at radius 3 is 2.46 bits per heavy atom. The first-order valence-electron chi connectivity index (χ1n) is 14.1. The number of para-hydroxylation sites is 1. The number of hydrogen-bond donors (Lipinski definition) is 1. The number of aromatic nitrogens is 3. The highest BCUT2D eigenvalue weighted by molar-refractivity contribution is 5.99. The zero-order valence-corrected chi connectivity index (χ0v) is 22.9. The maximum Gasteiger partial charge on any atom is 0.229 e. The van der Waals surface area contributed by atoms with Crippen LogP contribution in [-0.4, -0.2) is 53.5 Å². The fourth-order valence-electron chi connectivity index (χ4n) is 5.44. The summed E-state index contributed by atoms with van der Waals surface area (Å²) in [4.78, 5) is 14.3. The summed E-state index contributed by atoms with van der Waals surface area (Å²) in [6.45, 7) is 9.69. The molecule has 2 fully saturated rings. The minimum absolute atomic E-state index is 0.593. The molecule has 8 nitrogen and oxygen atoms in total. The number of nitrogens with zero attached hydrogens (tertiary/aromatic N) is 6. The number of hydrogen-bond acceptors (Lipinski definition) is 7. The summed E-state index contributed by atoms with van der Waals surface area (Å²) in [6.07, 6.45) is 8.84. The van der Waals surface area contributed by atoms with E-state index < -0.39 is 0 Å². The Labute approximate surface area is 230 Å². The highest BCUT2D eigenvalue weighted by atomic mass is 16.5. The van der Waals surface area contributed by atoms with Crippen molar-refractivity contribution in [3.8, 4) is 5.75 Å². The summed E-state index contributed by atoms with van der Waals surface area (Å²) in [5, 5.41) is 5.77. The number of aryl methyl sites for hydroxylation is 2. The lowest BCUT2D eigenvalue weighted by atomic mass is 10.1. The SMILES string of the molecule is Cc1ccc(OCCn2cc(/C=N\Nc3cc(N4CCCC4)nc(N4CCCC4)n3)c3ccccc32)cc1C. The van der Waals surface area contributed by atoms with Crippen LogP contribution < -0.4 is 20.0 Å². The quantitative estimate of drug-likeness (QED) is 0.222. The van der Waals surface area contributed by atoms with Gasteiger partial charge in [-0.1, -0.05) is 24.3 Å². The number of anilines is 3. The standard InChI is InChI=1S/C31H37N7O/c1-23-11-12-26(19-24(23)2)39-18-17-38-22-25(27-9-3-4-10-28(27)38)21-32-35-29-20-30(36-13-5-6-14-36)34-31(33-29)37-15-7-8-16-37/h3-4,9-12,19-22H,5-8,13-18H2,1-2H3,(H,33,34,35)/b32-21-. The maximum absolute atomic E-state index is 6.06. The molecule has 39 heavy (non-hydrogen) atoms. The van der Waals surface area contributed by atoms with E-state index >= 15 is 0 Å². The summed E-state index contributed by atoms with van der Waals surface area (Å²) < 4.78 is 8.30. The zero-order valence-electron chi connectivity index (χ0n) is 22.9. The molecule has 0 amide bonds. The number of benzene rings is 2. The van der Waals surface area contributed by atoms with E-state index in [0.29, 0.717) is 6.61 Å². The molecule has 0 saturated carbocycles. The van der Waals surface area contributed by atoms with Crippen molar-refractivity contribution in [1.29, 1.82) is 0 Å². The molecule has 8 heteroatoms. The van der Waals surface area contributed by atoms with Crippen molar-refractivity contribution >= 4 is 34.7 Å². The number of fused-ring (bicyclic) bond motifs is 1. The van der Waals surface area contributed by atoms with Crippen molar-refractivity contribution in [2.75, 3.05) is 48.0 Å². The van der Waals surface area contributed by atoms with Crippen LogP contribution in [0.2, 0.25) is 0 Å². The molecule has 0 spiro atoms. The Morgan fingerprint density at radius 1 is 0.897 bits per heavy atom. The van der Waals surface area contributed by atoms with E-state index in [2.05, 4.69) is 81.3 Å². The third-order valence-corrected chi connectivity index (χ3v) is 7.80. The zero-order chi connectivity index (χ0) is 26.6. The van der Waals surface area contributed by atoms with Gasteiger partial charge in [0.25, 0.3) is 0 Å². The maximum atomic E-state index is 6.06. The fourth-order valence-corrected chi connectivity index (χ4v) is 5.44. The molecule has 1 N–H and O–H groups in total. The molecular weight excluding hydrogens is 486 g/mol. The van der Waals surface area contributed by atoms with Gasteiger partial charge in [-0.05, 0) is 68.9 Å². The van der Waals surface area contributed by atoms with Gasteiger partial charge in [0.2, 0.25) is 5.95 Å². The van der Waals surface area contributed by atoms with E-state index in [0.717, 1.165) is 72.5 Å². The van der Waals surface area contributed by atoms with Crippen molar-refractivity contribution < 1.29 is 4.74 Å². The Kier molecular flexibility index (Phi) is 7.34. The predicted molar refractivity (Wildman–Crippen MR) is 159 cm³/mol. The first-order chi connectivity index (χ1) is 19.1. The van der Waals surface area contributed by atoms with Crippen LogP contribution in [0.5, 0.6) is 5.75 Å². The van der Waals surface area contributed by atoms with Crippen LogP contribution >= 0.6 is 0 Å². The molecule has 0 bridgehead atoms. The van der Waals surface area contributed by atoms with Gasteiger partial charge in [0.15, 0.2) is 5.82 Å². The van der Waals surface area contributed by atoms with Gasteiger partial charge < -0.3 is 19.1 Å². The fraction of sp³-hybridized carbons (Fsp3) is 0.387. The monoisotopic (exact) mass is 523 g/mol. The van der Waals surface area contributed by atoms with Crippen LogP contribution in [0.25, 0.3) is 10.9 Å². The number of hydrazone groups is 1. The largest absolute Gasteiger partial charge is 0.492 e. The Morgan fingerprint density at radius 2 is 1.67 bits per heavy atom. The lowest BCUT2D eigenvalue weighted by Gasteiger charge is -2.21.